The molecule has 0 aliphatic heterocycles. The summed E-state index contributed by atoms with van der Waals surface area (Å²) in [5, 5.41) is 34.2. The fourth-order valence-electron chi connectivity index (χ4n) is 8.28. The molecule has 0 unspecified atom stereocenters. The zero-order valence-electron chi connectivity index (χ0n) is 29.8. The number of rotatable bonds is 5. The topological polar surface area (TPSA) is 94.1 Å². The smallest absolute Gasteiger partial charge is 0.0998 e. The third-order valence-corrected chi connectivity index (χ3v) is 10.7. The Hall–Kier alpha value is -8.24. The van der Waals surface area contributed by atoms with Crippen molar-refractivity contribution in [3.8, 4) is 63.0 Å². The zero-order chi connectivity index (χ0) is 37.8. The van der Waals surface area contributed by atoms with Crippen LogP contribution in [0.25, 0.3) is 88.4 Å². The van der Waals surface area contributed by atoms with Crippen LogP contribution in [0.1, 0.15) is 16.7 Å². The summed E-state index contributed by atoms with van der Waals surface area (Å²) in [5.41, 5.74) is 13.0. The summed E-state index contributed by atoms with van der Waals surface area (Å²) >= 11 is 0. The van der Waals surface area contributed by atoms with E-state index >= 15 is 0 Å². The van der Waals surface area contributed by atoms with Crippen LogP contribution in [-0.4, -0.2) is 14.1 Å². The molecule has 0 bridgehead atoms. The third kappa shape index (κ3) is 4.97. The SMILES string of the molecule is N#Cc1cccc(-c2c(-n3c4ccccc4c4cc(-c5ccccc5C#N)ccc43)cncc2-n2c3ccccc3c3cc(-c4ccccc4C#N)ccc32)c1. The monoisotopic (exact) mass is 712 g/mol. The molecule has 0 saturated heterocycles. The third-order valence-electron chi connectivity index (χ3n) is 10.7. The average molecular weight is 713 g/mol. The van der Waals surface area contributed by atoms with E-state index < -0.39 is 0 Å². The molecule has 0 fully saturated rings. The van der Waals surface area contributed by atoms with Crippen LogP contribution in [0.2, 0.25) is 0 Å². The molecule has 0 saturated carbocycles. The molecular formula is C50H28N6. The zero-order valence-corrected chi connectivity index (χ0v) is 29.8. The van der Waals surface area contributed by atoms with Gasteiger partial charge in [-0.25, -0.2) is 0 Å². The van der Waals surface area contributed by atoms with Gasteiger partial charge in [0.2, 0.25) is 0 Å². The van der Waals surface area contributed by atoms with Crippen LogP contribution in [0.15, 0.2) is 170 Å². The standard InChI is InChI=1S/C50H28N6/c51-27-32-10-9-13-35(24-32)50-48(55-44-18-7-5-16-40(44)42-25-33(20-22-46(42)55)38-14-3-1-11-36(38)28-52)30-54-31-49(50)56-45-19-8-6-17-41(45)43-26-34(21-23-47(43)56)39-15-4-2-12-37(39)29-53/h1-26,30-31H. The summed E-state index contributed by atoms with van der Waals surface area (Å²) in [5.74, 6) is 0. The van der Waals surface area contributed by atoms with Crippen LogP contribution in [0.4, 0.5) is 0 Å². The number of hydrogen-bond acceptors (Lipinski definition) is 4. The summed E-state index contributed by atoms with van der Waals surface area (Å²) in [6.07, 6.45) is 3.82. The lowest BCUT2D eigenvalue weighted by molar-refractivity contribution is 1.09. The highest BCUT2D eigenvalue weighted by atomic mass is 15.0. The molecule has 0 atom stereocenters. The van der Waals surface area contributed by atoms with Gasteiger partial charge in [0.05, 0.1) is 80.7 Å². The molecule has 6 heteroatoms. The quantitative estimate of drug-likeness (QED) is 0.177. The molecule has 0 aliphatic carbocycles. The lowest BCUT2D eigenvalue weighted by Crippen LogP contribution is -2.05. The Kier molecular flexibility index (Phi) is 7.53. The van der Waals surface area contributed by atoms with E-state index in [-0.39, 0.29) is 0 Å². The van der Waals surface area contributed by atoms with E-state index in [4.69, 9.17) is 4.98 Å². The molecule has 258 valence electrons. The Morgan fingerprint density at radius 2 is 0.875 bits per heavy atom. The lowest BCUT2D eigenvalue weighted by Gasteiger charge is -2.19. The van der Waals surface area contributed by atoms with Gasteiger partial charge < -0.3 is 9.13 Å². The first-order valence-electron chi connectivity index (χ1n) is 18.2. The Morgan fingerprint density at radius 3 is 1.39 bits per heavy atom. The van der Waals surface area contributed by atoms with Crippen LogP contribution in [0.5, 0.6) is 0 Å². The summed E-state index contributed by atoms with van der Waals surface area (Å²) in [6.45, 7) is 0. The van der Waals surface area contributed by atoms with Crippen molar-refractivity contribution in [2.45, 2.75) is 0 Å². The fourth-order valence-corrected chi connectivity index (χ4v) is 8.28. The van der Waals surface area contributed by atoms with Gasteiger partial charge in [0.1, 0.15) is 0 Å². The molecule has 0 aliphatic rings. The van der Waals surface area contributed by atoms with E-state index in [9.17, 15) is 15.8 Å². The number of hydrogen-bond donors (Lipinski definition) is 0. The van der Waals surface area contributed by atoms with Crippen LogP contribution in [0, 0.1) is 34.0 Å². The van der Waals surface area contributed by atoms with E-state index in [2.05, 4.69) is 106 Å². The molecule has 7 aromatic carbocycles. The van der Waals surface area contributed by atoms with Crippen molar-refractivity contribution >= 4 is 43.6 Å². The Morgan fingerprint density at radius 1 is 0.393 bits per heavy atom. The number of aromatic nitrogens is 3. The molecule has 6 nitrogen and oxygen atoms in total. The minimum Gasteiger partial charge on any atom is -0.307 e. The second kappa shape index (κ2) is 13.0. The first-order valence-corrected chi connectivity index (χ1v) is 18.2. The predicted octanol–water partition coefficient (Wildman–Crippen LogP) is 11.9. The van der Waals surface area contributed by atoms with Gasteiger partial charge in [0.25, 0.3) is 0 Å². The van der Waals surface area contributed by atoms with Gasteiger partial charge in [-0.2, -0.15) is 15.8 Å². The van der Waals surface area contributed by atoms with Gasteiger partial charge in [-0.05, 0) is 88.5 Å². The summed E-state index contributed by atoms with van der Waals surface area (Å²) in [7, 11) is 0. The second-order valence-corrected chi connectivity index (χ2v) is 13.7. The van der Waals surface area contributed by atoms with Crippen LogP contribution in [0.3, 0.4) is 0 Å². The van der Waals surface area contributed by atoms with Crippen molar-refractivity contribution < 1.29 is 0 Å². The van der Waals surface area contributed by atoms with Crippen LogP contribution in [-0.2, 0) is 0 Å². The number of nitriles is 3. The molecular weight excluding hydrogens is 685 g/mol. The predicted molar refractivity (Wildman–Crippen MR) is 223 cm³/mol. The minimum absolute atomic E-state index is 0.558. The van der Waals surface area contributed by atoms with Crippen molar-refractivity contribution in [3.05, 3.63) is 187 Å². The number of nitrogens with zero attached hydrogens (tertiary/aromatic N) is 6. The highest BCUT2D eigenvalue weighted by molar-refractivity contribution is 6.13. The molecule has 3 heterocycles. The van der Waals surface area contributed by atoms with Gasteiger partial charge in [0.15, 0.2) is 0 Å². The Labute approximate surface area is 322 Å². The first-order chi connectivity index (χ1) is 27.7. The van der Waals surface area contributed by atoms with E-state index in [1.807, 2.05) is 91.3 Å². The first kappa shape index (κ1) is 32.4. The van der Waals surface area contributed by atoms with Gasteiger partial charge in [-0.3, -0.25) is 4.98 Å². The summed E-state index contributed by atoms with van der Waals surface area (Å²) in [4.78, 5) is 4.95. The van der Waals surface area contributed by atoms with Crippen molar-refractivity contribution in [1.82, 2.24) is 14.1 Å². The summed E-state index contributed by atoms with van der Waals surface area (Å²) in [6, 6.07) is 59.7. The van der Waals surface area contributed by atoms with Gasteiger partial charge in [0, 0.05) is 27.1 Å². The molecule has 0 N–H and O–H groups in total. The maximum absolute atomic E-state index is 10.1. The molecule has 0 radical (unpaired) electrons. The maximum Gasteiger partial charge on any atom is 0.0998 e. The summed E-state index contributed by atoms with van der Waals surface area (Å²) < 4.78 is 4.53. The Bertz CT molecular complexity index is 3170. The highest BCUT2D eigenvalue weighted by Crippen LogP contribution is 2.43. The largest absolute Gasteiger partial charge is 0.307 e. The molecule has 10 aromatic rings. The maximum atomic E-state index is 10.1. The average Bonchev–Trinajstić information content (AvgIpc) is 3.78. The minimum atomic E-state index is 0.558. The molecule has 10 rings (SSSR count). The van der Waals surface area contributed by atoms with E-state index in [1.54, 1.807) is 0 Å². The van der Waals surface area contributed by atoms with Crippen molar-refractivity contribution in [2.24, 2.45) is 0 Å². The van der Waals surface area contributed by atoms with Gasteiger partial charge in [-0.1, -0.05) is 97.1 Å². The Balaban J connectivity index is 1.29. The second-order valence-electron chi connectivity index (χ2n) is 13.7. The normalized spacial score (nSPS) is 11.2. The van der Waals surface area contributed by atoms with Crippen molar-refractivity contribution in [1.29, 1.82) is 15.8 Å². The molecule has 3 aromatic heterocycles. The molecule has 0 amide bonds. The number of benzene rings is 7. The van der Waals surface area contributed by atoms with Gasteiger partial charge >= 0.3 is 0 Å². The lowest BCUT2D eigenvalue weighted by atomic mass is 9.98. The van der Waals surface area contributed by atoms with E-state index in [0.717, 1.165) is 88.4 Å². The molecule has 0 spiro atoms. The molecule has 56 heavy (non-hydrogen) atoms. The van der Waals surface area contributed by atoms with Crippen molar-refractivity contribution in [3.63, 3.8) is 0 Å². The highest BCUT2D eigenvalue weighted by Gasteiger charge is 2.23. The fraction of sp³-hybridized carbons (Fsp3) is 0. The van der Waals surface area contributed by atoms with Crippen LogP contribution >= 0.6 is 0 Å². The van der Waals surface area contributed by atoms with Gasteiger partial charge in [-0.15, -0.1) is 0 Å². The van der Waals surface area contributed by atoms with E-state index in [1.165, 1.54) is 0 Å². The number of para-hydroxylation sites is 2. The van der Waals surface area contributed by atoms with E-state index in [0.29, 0.717) is 16.7 Å². The van der Waals surface area contributed by atoms with Crippen LogP contribution < -0.4 is 0 Å². The van der Waals surface area contributed by atoms with Crippen molar-refractivity contribution in [2.75, 3.05) is 0 Å². The number of pyridine rings is 1. The number of fused-ring (bicyclic) bond motifs is 6.